The molecule has 0 unspecified atom stereocenters. The Balaban J connectivity index is 1.64. The van der Waals surface area contributed by atoms with Crippen molar-refractivity contribution in [1.82, 2.24) is 30.3 Å². The number of benzene rings is 2. The van der Waals surface area contributed by atoms with E-state index in [-0.39, 0.29) is 17.6 Å². The van der Waals surface area contributed by atoms with Crippen molar-refractivity contribution < 1.29 is 9.18 Å². The SMILES string of the molecule is C=CC(=O)NCn1cc(-c2ccc3ncnc(Nc4ccc(F)c(Cl)c4)c3c2)nn1. The van der Waals surface area contributed by atoms with Crippen LogP contribution in [0.5, 0.6) is 0 Å². The van der Waals surface area contributed by atoms with Crippen LogP contribution in [0.3, 0.4) is 0 Å². The molecule has 0 fully saturated rings. The molecular formula is C20H15ClFN7O. The lowest BCUT2D eigenvalue weighted by molar-refractivity contribution is -0.117. The first-order valence-corrected chi connectivity index (χ1v) is 9.19. The van der Waals surface area contributed by atoms with Gasteiger partial charge in [-0.25, -0.2) is 19.0 Å². The van der Waals surface area contributed by atoms with Crippen molar-refractivity contribution in [2.24, 2.45) is 0 Å². The maximum absolute atomic E-state index is 13.4. The first-order valence-electron chi connectivity index (χ1n) is 8.81. The Hall–Kier alpha value is -3.85. The molecule has 0 bridgehead atoms. The van der Waals surface area contributed by atoms with Crippen molar-refractivity contribution in [3.63, 3.8) is 0 Å². The molecule has 0 atom stereocenters. The second-order valence-corrected chi connectivity index (χ2v) is 6.66. The maximum atomic E-state index is 13.4. The van der Waals surface area contributed by atoms with Gasteiger partial charge in [0.15, 0.2) is 0 Å². The standard InChI is InChI=1S/C20H15ClFN7O/c1-2-19(30)25-11-29-9-18(27-28-29)12-3-6-17-14(7-12)20(24-10-23-17)26-13-4-5-16(22)15(21)8-13/h2-10H,1,11H2,(H,25,30)(H,23,24,26). The minimum absolute atomic E-state index is 0.0132. The molecule has 30 heavy (non-hydrogen) atoms. The fourth-order valence-electron chi connectivity index (χ4n) is 2.77. The van der Waals surface area contributed by atoms with Crippen LogP contribution in [0, 0.1) is 5.82 Å². The summed E-state index contributed by atoms with van der Waals surface area (Å²) < 4.78 is 14.9. The van der Waals surface area contributed by atoms with Gasteiger partial charge in [0.2, 0.25) is 5.91 Å². The van der Waals surface area contributed by atoms with E-state index in [2.05, 4.69) is 37.5 Å². The monoisotopic (exact) mass is 423 g/mol. The van der Waals surface area contributed by atoms with Crippen molar-refractivity contribution in [2.45, 2.75) is 6.67 Å². The second-order valence-electron chi connectivity index (χ2n) is 6.25. The molecule has 1 amide bonds. The molecular weight excluding hydrogens is 409 g/mol. The summed E-state index contributed by atoms with van der Waals surface area (Å²) in [7, 11) is 0. The Morgan fingerprint density at radius 2 is 2.10 bits per heavy atom. The maximum Gasteiger partial charge on any atom is 0.244 e. The molecule has 4 aromatic rings. The van der Waals surface area contributed by atoms with Gasteiger partial charge in [-0.15, -0.1) is 5.10 Å². The summed E-state index contributed by atoms with van der Waals surface area (Å²) in [6.45, 7) is 3.57. The molecule has 0 aliphatic heterocycles. The fraction of sp³-hybridized carbons (Fsp3) is 0.0500. The number of hydrogen-bond acceptors (Lipinski definition) is 6. The van der Waals surface area contributed by atoms with Crippen LogP contribution in [0.2, 0.25) is 5.02 Å². The smallest absolute Gasteiger partial charge is 0.244 e. The van der Waals surface area contributed by atoms with Crippen LogP contribution in [0.15, 0.2) is 61.6 Å². The zero-order chi connectivity index (χ0) is 21.1. The predicted molar refractivity (Wildman–Crippen MR) is 112 cm³/mol. The van der Waals surface area contributed by atoms with Gasteiger partial charge in [0, 0.05) is 16.6 Å². The van der Waals surface area contributed by atoms with E-state index >= 15 is 0 Å². The molecule has 0 radical (unpaired) electrons. The largest absolute Gasteiger partial charge is 0.340 e. The number of rotatable bonds is 6. The Morgan fingerprint density at radius 3 is 2.90 bits per heavy atom. The number of nitrogens with one attached hydrogen (secondary N) is 2. The summed E-state index contributed by atoms with van der Waals surface area (Å²) in [5.41, 5.74) is 2.72. The molecule has 8 nitrogen and oxygen atoms in total. The number of hydrogen-bond donors (Lipinski definition) is 2. The quantitative estimate of drug-likeness (QED) is 0.459. The van der Waals surface area contributed by atoms with Crippen LogP contribution in [0.4, 0.5) is 15.9 Å². The number of anilines is 2. The molecule has 0 saturated carbocycles. The van der Waals surface area contributed by atoms with Crippen molar-refractivity contribution >= 4 is 39.9 Å². The number of carbonyl (C=O) groups excluding carboxylic acids is 1. The Labute approximate surface area is 175 Å². The summed E-state index contributed by atoms with van der Waals surface area (Å²) >= 11 is 5.86. The summed E-state index contributed by atoms with van der Waals surface area (Å²) in [5, 5.41) is 14.7. The normalized spacial score (nSPS) is 10.7. The van der Waals surface area contributed by atoms with E-state index in [0.29, 0.717) is 17.2 Å². The molecule has 2 aromatic heterocycles. The van der Waals surface area contributed by atoms with E-state index in [9.17, 15) is 9.18 Å². The van der Waals surface area contributed by atoms with Gasteiger partial charge in [-0.2, -0.15) is 0 Å². The highest BCUT2D eigenvalue weighted by Crippen LogP contribution is 2.28. The second kappa shape index (κ2) is 8.26. The van der Waals surface area contributed by atoms with E-state index in [4.69, 9.17) is 11.6 Å². The minimum atomic E-state index is -0.496. The highest BCUT2D eigenvalue weighted by Gasteiger charge is 2.10. The van der Waals surface area contributed by atoms with Crippen LogP contribution in [0.1, 0.15) is 0 Å². The summed E-state index contributed by atoms with van der Waals surface area (Å²) in [6, 6.07) is 9.92. The van der Waals surface area contributed by atoms with Gasteiger partial charge in [-0.3, -0.25) is 4.79 Å². The van der Waals surface area contributed by atoms with Crippen molar-refractivity contribution in [2.75, 3.05) is 5.32 Å². The summed E-state index contributed by atoms with van der Waals surface area (Å²) in [5.74, 6) is -0.258. The highest BCUT2D eigenvalue weighted by molar-refractivity contribution is 6.31. The zero-order valence-electron chi connectivity index (χ0n) is 15.5. The highest BCUT2D eigenvalue weighted by atomic mass is 35.5. The van der Waals surface area contributed by atoms with Crippen molar-refractivity contribution in [3.05, 3.63) is 72.4 Å². The molecule has 2 N–H and O–H groups in total. The lowest BCUT2D eigenvalue weighted by atomic mass is 10.1. The van der Waals surface area contributed by atoms with Gasteiger partial charge in [0.05, 0.1) is 16.7 Å². The first kappa shape index (κ1) is 19.5. The Kier molecular flexibility index (Phi) is 5.36. The van der Waals surface area contributed by atoms with Crippen molar-refractivity contribution in [1.29, 1.82) is 0 Å². The van der Waals surface area contributed by atoms with Crippen LogP contribution in [0.25, 0.3) is 22.2 Å². The van der Waals surface area contributed by atoms with Gasteiger partial charge in [0.25, 0.3) is 0 Å². The number of aromatic nitrogens is 5. The van der Waals surface area contributed by atoms with Crippen LogP contribution in [-0.2, 0) is 11.5 Å². The van der Waals surface area contributed by atoms with Crippen LogP contribution >= 0.6 is 11.6 Å². The number of carbonyl (C=O) groups is 1. The van der Waals surface area contributed by atoms with E-state index in [1.807, 2.05) is 18.2 Å². The number of nitrogens with zero attached hydrogens (tertiary/aromatic N) is 5. The minimum Gasteiger partial charge on any atom is -0.340 e. The van der Waals surface area contributed by atoms with Gasteiger partial charge in [-0.05, 0) is 36.4 Å². The van der Waals surface area contributed by atoms with Gasteiger partial charge in [-0.1, -0.05) is 29.5 Å². The molecule has 150 valence electrons. The van der Waals surface area contributed by atoms with E-state index in [0.717, 1.165) is 16.5 Å². The molecule has 0 spiro atoms. The molecule has 4 rings (SSSR count). The first-order chi connectivity index (χ1) is 14.5. The number of halogens is 2. The van der Waals surface area contributed by atoms with Crippen LogP contribution < -0.4 is 10.6 Å². The number of fused-ring (bicyclic) bond motifs is 1. The van der Waals surface area contributed by atoms with E-state index in [1.54, 1.807) is 12.3 Å². The third kappa shape index (κ3) is 4.11. The molecule has 2 aromatic carbocycles. The third-order valence-corrected chi connectivity index (χ3v) is 4.54. The molecule has 0 aliphatic carbocycles. The molecule has 0 saturated heterocycles. The van der Waals surface area contributed by atoms with E-state index < -0.39 is 5.82 Å². The Morgan fingerprint density at radius 1 is 1.23 bits per heavy atom. The van der Waals surface area contributed by atoms with Gasteiger partial charge < -0.3 is 10.6 Å². The Bertz CT molecular complexity index is 1260. The average molecular weight is 424 g/mol. The van der Waals surface area contributed by atoms with Crippen molar-refractivity contribution in [3.8, 4) is 11.3 Å². The predicted octanol–water partition coefficient (Wildman–Crippen LogP) is 3.68. The lowest BCUT2D eigenvalue weighted by Crippen LogP contribution is -2.24. The van der Waals surface area contributed by atoms with Gasteiger partial charge >= 0.3 is 0 Å². The summed E-state index contributed by atoms with van der Waals surface area (Å²) in [6.07, 6.45) is 4.33. The lowest BCUT2D eigenvalue weighted by Gasteiger charge is -2.09. The van der Waals surface area contributed by atoms with Gasteiger partial charge in [0.1, 0.15) is 30.3 Å². The third-order valence-electron chi connectivity index (χ3n) is 4.25. The molecule has 2 heterocycles. The van der Waals surface area contributed by atoms with Crippen LogP contribution in [-0.4, -0.2) is 30.9 Å². The topological polar surface area (TPSA) is 97.6 Å². The summed E-state index contributed by atoms with van der Waals surface area (Å²) in [4.78, 5) is 19.9. The zero-order valence-corrected chi connectivity index (χ0v) is 16.3. The fourth-order valence-corrected chi connectivity index (χ4v) is 2.95. The molecule has 0 aliphatic rings. The number of amides is 1. The molecule has 10 heteroatoms. The average Bonchev–Trinajstić information content (AvgIpc) is 3.23. The van der Waals surface area contributed by atoms with E-state index in [1.165, 1.54) is 29.2 Å².